The first-order chi connectivity index (χ1) is 8.29. The molecule has 1 aliphatic carbocycles. The van der Waals surface area contributed by atoms with Gasteiger partial charge in [0.05, 0.1) is 17.8 Å². The number of aromatic nitrogens is 2. The van der Waals surface area contributed by atoms with E-state index in [1.54, 1.807) is 0 Å². The maximum atomic E-state index is 9.80. The van der Waals surface area contributed by atoms with Crippen molar-refractivity contribution in [2.24, 2.45) is 0 Å². The number of hydrogen-bond donors (Lipinski definition) is 1. The lowest BCUT2D eigenvalue weighted by Gasteiger charge is -2.10. The number of halogens is 1. The molecule has 1 heterocycles. The van der Waals surface area contributed by atoms with Crippen LogP contribution in [0.1, 0.15) is 50.3 Å². The third kappa shape index (κ3) is 3.71. The second-order valence-corrected chi connectivity index (χ2v) is 5.29. The number of alkyl halides is 1. The van der Waals surface area contributed by atoms with Gasteiger partial charge in [-0.2, -0.15) is 5.10 Å². The van der Waals surface area contributed by atoms with Crippen LogP contribution < -0.4 is 0 Å². The summed E-state index contributed by atoms with van der Waals surface area (Å²) in [5, 5.41) is 14.4. The van der Waals surface area contributed by atoms with Gasteiger partial charge >= 0.3 is 0 Å². The molecular weight excluding hydrogens is 236 g/mol. The molecule has 1 aromatic rings. The largest absolute Gasteiger partial charge is 0.393 e. The highest BCUT2D eigenvalue weighted by Crippen LogP contribution is 2.28. The van der Waals surface area contributed by atoms with Gasteiger partial charge < -0.3 is 5.11 Å². The van der Waals surface area contributed by atoms with Gasteiger partial charge in [0.2, 0.25) is 0 Å². The van der Waals surface area contributed by atoms with Crippen molar-refractivity contribution in [2.75, 3.05) is 5.88 Å². The summed E-state index contributed by atoms with van der Waals surface area (Å²) < 4.78 is 2.08. The number of nitrogens with zero attached hydrogens (tertiary/aromatic N) is 2. The minimum atomic E-state index is -0.305. The Morgan fingerprint density at radius 3 is 2.94 bits per heavy atom. The summed E-state index contributed by atoms with van der Waals surface area (Å²) in [6.45, 7) is 0. The van der Waals surface area contributed by atoms with Crippen LogP contribution in [0.5, 0.6) is 0 Å². The van der Waals surface area contributed by atoms with Gasteiger partial charge in [-0.15, -0.1) is 11.6 Å². The van der Waals surface area contributed by atoms with Crippen LogP contribution in [0.4, 0.5) is 0 Å². The van der Waals surface area contributed by atoms with Crippen LogP contribution in [0, 0.1) is 0 Å². The summed E-state index contributed by atoms with van der Waals surface area (Å²) in [5.74, 6) is 0.619. The van der Waals surface area contributed by atoms with Gasteiger partial charge in [-0.1, -0.05) is 12.8 Å². The van der Waals surface area contributed by atoms with Crippen molar-refractivity contribution in [2.45, 2.75) is 57.1 Å². The lowest BCUT2D eigenvalue weighted by atomic mass is 10.1. The molecule has 1 saturated carbocycles. The van der Waals surface area contributed by atoms with Gasteiger partial charge in [-0.25, -0.2) is 0 Å². The van der Waals surface area contributed by atoms with E-state index >= 15 is 0 Å². The quantitative estimate of drug-likeness (QED) is 0.795. The van der Waals surface area contributed by atoms with Crippen LogP contribution in [0.25, 0.3) is 0 Å². The fraction of sp³-hybridized carbons (Fsp3) is 0.769. The van der Waals surface area contributed by atoms with E-state index in [2.05, 4.69) is 16.0 Å². The molecule has 1 N–H and O–H groups in total. The predicted octanol–water partition coefficient (Wildman–Crippen LogP) is 2.92. The highest BCUT2D eigenvalue weighted by atomic mass is 35.5. The summed E-state index contributed by atoms with van der Waals surface area (Å²) in [4.78, 5) is 0. The van der Waals surface area contributed by atoms with Crippen LogP contribution in [-0.2, 0) is 6.42 Å². The van der Waals surface area contributed by atoms with Crippen LogP contribution in [0.15, 0.2) is 12.3 Å². The Morgan fingerprint density at radius 1 is 1.47 bits per heavy atom. The van der Waals surface area contributed by atoms with Gasteiger partial charge in [0, 0.05) is 18.5 Å². The van der Waals surface area contributed by atoms with Gasteiger partial charge in [-0.05, 0) is 31.7 Å². The lowest BCUT2D eigenvalue weighted by molar-refractivity contribution is 0.162. The molecule has 0 aliphatic heterocycles. The summed E-state index contributed by atoms with van der Waals surface area (Å²) in [6.07, 6.45) is 9.16. The molecule has 96 valence electrons. The van der Waals surface area contributed by atoms with Crippen molar-refractivity contribution in [3.8, 4) is 0 Å². The van der Waals surface area contributed by atoms with E-state index in [0.29, 0.717) is 18.3 Å². The van der Waals surface area contributed by atoms with Gasteiger partial charge in [0.15, 0.2) is 0 Å². The molecule has 1 aliphatic rings. The zero-order chi connectivity index (χ0) is 12.1. The lowest BCUT2D eigenvalue weighted by Crippen LogP contribution is -2.12. The summed E-state index contributed by atoms with van der Waals surface area (Å²) in [5.41, 5.74) is 0.999. The molecule has 0 saturated heterocycles. The second kappa shape index (κ2) is 6.41. The first-order valence-corrected chi connectivity index (χ1v) is 7.11. The Bertz CT molecular complexity index is 334. The van der Waals surface area contributed by atoms with E-state index in [-0.39, 0.29) is 6.10 Å². The number of aliphatic hydroxyl groups is 1. The zero-order valence-electron chi connectivity index (χ0n) is 10.2. The van der Waals surface area contributed by atoms with Gasteiger partial charge in [-0.3, -0.25) is 4.68 Å². The highest BCUT2D eigenvalue weighted by Gasteiger charge is 2.18. The average Bonchev–Trinajstić information content (AvgIpc) is 2.95. The Balaban J connectivity index is 1.84. The highest BCUT2D eigenvalue weighted by molar-refractivity contribution is 6.17. The third-order valence-electron chi connectivity index (χ3n) is 3.48. The smallest absolute Gasteiger partial charge is 0.0650 e. The first kappa shape index (κ1) is 12.9. The van der Waals surface area contributed by atoms with Crippen molar-refractivity contribution in [3.63, 3.8) is 0 Å². The van der Waals surface area contributed by atoms with Crippen LogP contribution in [0.2, 0.25) is 0 Å². The maximum absolute atomic E-state index is 9.80. The molecule has 1 aromatic heterocycles. The predicted molar refractivity (Wildman–Crippen MR) is 69.4 cm³/mol. The standard InChI is InChI=1S/C13H21ClN2O/c14-8-3-6-13(17)10-11-7-9-16(15-11)12-4-1-2-5-12/h7,9,12-13,17H,1-6,8,10H2. The van der Waals surface area contributed by atoms with E-state index < -0.39 is 0 Å². The van der Waals surface area contributed by atoms with Crippen molar-refractivity contribution in [1.82, 2.24) is 9.78 Å². The van der Waals surface area contributed by atoms with E-state index in [0.717, 1.165) is 18.5 Å². The average molecular weight is 257 g/mol. The number of rotatable bonds is 6. The SMILES string of the molecule is OC(CCCCl)Cc1ccn(C2CCCC2)n1. The Kier molecular flexibility index (Phi) is 4.86. The molecule has 0 bridgehead atoms. The molecule has 4 heteroatoms. The summed E-state index contributed by atoms with van der Waals surface area (Å²) in [7, 11) is 0. The molecule has 3 nitrogen and oxygen atoms in total. The van der Waals surface area contributed by atoms with Crippen LogP contribution in [0.3, 0.4) is 0 Å². The minimum Gasteiger partial charge on any atom is -0.393 e. The molecule has 0 spiro atoms. The Morgan fingerprint density at radius 2 is 2.24 bits per heavy atom. The molecule has 1 fully saturated rings. The monoisotopic (exact) mass is 256 g/mol. The zero-order valence-corrected chi connectivity index (χ0v) is 10.9. The fourth-order valence-electron chi connectivity index (χ4n) is 2.51. The van der Waals surface area contributed by atoms with E-state index in [1.165, 1.54) is 25.7 Å². The number of aliphatic hydroxyl groups excluding tert-OH is 1. The molecule has 0 aromatic carbocycles. The second-order valence-electron chi connectivity index (χ2n) is 4.91. The van der Waals surface area contributed by atoms with Crippen LogP contribution >= 0.6 is 11.6 Å². The van der Waals surface area contributed by atoms with E-state index in [9.17, 15) is 5.11 Å². The Labute approximate surface area is 108 Å². The molecular formula is C13H21ClN2O. The normalized spacial score (nSPS) is 18.7. The van der Waals surface area contributed by atoms with E-state index in [4.69, 9.17) is 11.6 Å². The fourth-order valence-corrected chi connectivity index (χ4v) is 2.67. The molecule has 0 amide bonds. The topological polar surface area (TPSA) is 38.0 Å². The first-order valence-electron chi connectivity index (χ1n) is 6.57. The molecule has 0 radical (unpaired) electrons. The van der Waals surface area contributed by atoms with Crippen molar-refractivity contribution >= 4 is 11.6 Å². The third-order valence-corrected chi connectivity index (χ3v) is 3.75. The maximum Gasteiger partial charge on any atom is 0.0650 e. The van der Waals surface area contributed by atoms with Crippen molar-refractivity contribution in [1.29, 1.82) is 0 Å². The molecule has 2 rings (SSSR count). The van der Waals surface area contributed by atoms with Crippen LogP contribution in [-0.4, -0.2) is 26.9 Å². The van der Waals surface area contributed by atoms with Gasteiger partial charge in [0.25, 0.3) is 0 Å². The minimum absolute atomic E-state index is 0.305. The molecule has 17 heavy (non-hydrogen) atoms. The van der Waals surface area contributed by atoms with E-state index in [1.807, 2.05) is 6.07 Å². The molecule has 1 atom stereocenters. The number of hydrogen-bond acceptors (Lipinski definition) is 2. The Hall–Kier alpha value is -0.540. The summed E-state index contributed by atoms with van der Waals surface area (Å²) >= 11 is 5.61. The summed E-state index contributed by atoms with van der Waals surface area (Å²) in [6, 6.07) is 2.62. The molecule has 1 unspecified atom stereocenters. The van der Waals surface area contributed by atoms with Crippen molar-refractivity contribution in [3.05, 3.63) is 18.0 Å². The van der Waals surface area contributed by atoms with Gasteiger partial charge in [0.1, 0.15) is 0 Å². The van der Waals surface area contributed by atoms with Crippen molar-refractivity contribution < 1.29 is 5.11 Å².